The summed E-state index contributed by atoms with van der Waals surface area (Å²) in [7, 11) is 1.62. The Morgan fingerprint density at radius 3 is 2.42 bits per heavy atom. The standard InChI is InChI=1S/C35H42ClN3O4/c1-6-22(2)43-33-20-31-27(18-32(33)42-5)19-34(41)39(35(31)26-9-13-28(36)14-10-26)29-15-11-25(12-16-29)23(3)38(24(4)40)30-8-7-17-37-21-30/h9-16,18,20,22-23,30,35,37H,6-8,17,19,21H2,1-5H3/t22-,23?,30-,35+/m1/s1. The minimum atomic E-state index is -0.385. The molecule has 5 rings (SSSR count). The van der Waals surface area contributed by atoms with Gasteiger partial charge in [0.05, 0.1) is 31.7 Å². The van der Waals surface area contributed by atoms with Gasteiger partial charge in [0.25, 0.3) is 0 Å². The molecule has 1 unspecified atom stereocenters. The molecule has 43 heavy (non-hydrogen) atoms. The van der Waals surface area contributed by atoms with Crippen LogP contribution >= 0.6 is 11.6 Å². The molecular formula is C35H42ClN3O4. The number of fused-ring (bicyclic) bond motifs is 1. The molecule has 0 aliphatic carbocycles. The topological polar surface area (TPSA) is 71.1 Å². The fraction of sp³-hybridized carbons (Fsp3) is 0.429. The van der Waals surface area contributed by atoms with Gasteiger partial charge in [-0.25, -0.2) is 0 Å². The highest BCUT2D eigenvalue weighted by molar-refractivity contribution is 6.30. The van der Waals surface area contributed by atoms with Crippen molar-refractivity contribution < 1.29 is 19.1 Å². The minimum Gasteiger partial charge on any atom is -0.493 e. The third-order valence-electron chi connectivity index (χ3n) is 8.78. The summed E-state index contributed by atoms with van der Waals surface area (Å²) in [6, 6.07) is 19.4. The van der Waals surface area contributed by atoms with E-state index in [2.05, 4.69) is 19.2 Å². The first-order valence-corrected chi connectivity index (χ1v) is 15.6. The molecule has 2 heterocycles. The number of carbonyl (C=O) groups excluding carboxylic acids is 2. The fourth-order valence-corrected chi connectivity index (χ4v) is 6.49. The highest BCUT2D eigenvalue weighted by atomic mass is 35.5. The SMILES string of the molecule is CC[C@@H](C)Oc1cc2c(cc1OC)CC(=O)N(c1ccc(C(C)N(C(C)=O)[C@@H]3CCCNC3)cc1)[C@H]2c1ccc(Cl)cc1. The van der Waals surface area contributed by atoms with Crippen molar-refractivity contribution in [2.45, 2.75) is 77.6 Å². The number of benzene rings is 3. The van der Waals surface area contributed by atoms with Gasteiger partial charge in [0, 0.05) is 30.2 Å². The van der Waals surface area contributed by atoms with Gasteiger partial charge in [0.2, 0.25) is 11.8 Å². The smallest absolute Gasteiger partial charge is 0.232 e. The monoisotopic (exact) mass is 603 g/mol. The Labute approximate surface area is 260 Å². The Kier molecular flexibility index (Phi) is 9.62. The van der Waals surface area contributed by atoms with Crippen molar-refractivity contribution in [3.05, 3.63) is 87.9 Å². The molecule has 0 saturated carbocycles. The molecule has 0 bridgehead atoms. The van der Waals surface area contributed by atoms with Crippen molar-refractivity contribution in [2.75, 3.05) is 25.1 Å². The van der Waals surface area contributed by atoms with Gasteiger partial charge in [-0.3, -0.25) is 9.59 Å². The van der Waals surface area contributed by atoms with Crippen molar-refractivity contribution in [3.8, 4) is 11.5 Å². The van der Waals surface area contributed by atoms with E-state index in [1.807, 2.05) is 77.4 Å². The summed E-state index contributed by atoms with van der Waals surface area (Å²) in [6.07, 6.45) is 3.16. The van der Waals surface area contributed by atoms with Crippen LogP contribution in [0.25, 0.3) is 0 Å². The second-order valence-corrected chi connectivity index (χ2v) is 12.1. The predicted molar refractivity (Wildman–Crippen MR) is 171 cm³/mol. The molecule has 2 amide bonds. The summed E-state index contributed by atoms with van der Waals surface area (Å²) >= 11 is 6.27. The summed E-state index contributed by atoms with van der Waals surface area (Å²) in [4.78, 5) is 30.5. The van der Waals surface area contributed by atoms with Gasteiger partial charge >= 0.3 is 0 Å². The first kappa shape index (κ1) is 30.9. The van der Waals surface area contributed by atoms with Gasteiger partial charge in [-0.15, -0.1) is 0 Å². The number of anilines is 1. The van der Waals surface area contributed by atoms with E-state index in [1.165, 1.54) is 0 Å². The molecule has 2 aliphatic heterocycles. The van der Waals surface area contributed by atoms with Gasteiger partial charge < -0.3 is 24.6 Å². The average molecular weight is 604 g/mol. The van der Waals surface area contributed by atoms with E-state index in [4.69, 9.17) is 21.1 Å². The van der Waals surface area contributed by atoms with Crippen molar-refractivity contribution >= 4 is 29.1 Å². The molecule has 3 aromatic carbocycles. The van der Waals surface area contributed by atoms with Crippen molar-refractivity contribution in [2.24, 2.45) is 0 Å². The number of carbonyl (C=O) groups is 2. The second-order valence-electron chi connectivity index (χ2n) is 11.6. The normalized spacial score (nSPS) is 19.8. The lowest BCUT2D eigenvalue weighted by Gasteiger charge is -2.39. The highest BCUT2D eigenvalue weighted by Crippen LogP contribution is 2.44. The molecule has 7 nitrogen and oxygen atoms in total. The maximum Gasteiger partial charge on any atom is 0.232 e. The van der Waals surface area contributed by atoms with Crippen LogP contribution in [0.15, 0.2) is 60.7 Å². The predicted octanol–water partition coefficient (Wildman–Crippen LogP) is 6.87. The van der Waals surface area contributed by atoms with Crippen molar-refractivity contribution in [3.63, 3.8) is 0 Å². The van der Waals surface area contributed by atoms with Crippen molar-refractivity contribution in [1.29, 1.82) is 0 Å². The maximum atomic E-state index is 13.9. The van der Waals surface area contributed by atoms with Crippen LogP contribution < -0.4 is 19.7 Å². The van der Waals surface area contributed by atoms with Crippen LogP contribution in [-0.2, 0) is 16.0 Å². The number of piperidine rings is 1. The van der Waals surface area contributed by atoms with Crippen LogP contribution in [0.1, 0.15) is 81.3 Å². The zero-order valence-electron chi connectivity index (χ0n) is 25.7. The number of rotatable bonds is 9. The third kappa shape index (κ3) is 6.53. The van der Waals surface area contributed by atoms with Crippen molar-refractivity contribution in [1.82, 2.24) is 10.2 Å². The summed E-state index contributed by atoms with van der Waals surface area (Å²) in [5, 5.41) is 4.06. The molecule has 3 aromatic rings. The number of nitrogens with one attached hydrogen (secondary N) is 1. The van der Waals surface area contributed by atoms with Gasteiger partial charge in [-0.1, -0.05) is 42.8 Å². The lowest BCUT2D eigenvalue weighted by molar-refractivity contribution is -0.134. The van der Waals surface area contributed by atoms with Gasteiger partial charge in [-0.2, -0.15) is 0 Å². The van der Waals surface area contributed by atoms with Crippen LogP contribution in [0, 0.1) is 0 Å². The van der Waals surface area contributed by atoms with E-state index in [0.29, 0.717) is 16.5 Å². The van der Waals surface area contributed by atoms with Crippen LogP contribution in [0.5, 0.6) is 11.5 Å². The number of amides is 2. The van der Waals surface area contributed by atoms with E-state index in [9.17, 15) is 9.59 Å². The lowest BCUT2D eigenvalue weighted by Crippen LogP contribution is -2.49. The summed E-state index contributed by atoms with van der Waals surface area (Å²) in [6.45, 7) is 9.64. The number of nitrogens with zero attached hydrogens (tertiary/aromatic N) is 2. The van der Waals surface area contributed by atoms with Crippen LogP contribution in [0.3, 0.4) is 0 Å². The number of hydrogen-bond acceptors (Lipinski definition) is 5. The van der Waals surface area contributed by atoms with Gasteiger partial charge in [0.1, 0.15) is 0 Å². The average Bonchev–Trinajstić information content (AvgIpc) is 3.01. The molecular weight excluding hydrogens is 562 g/mol. The molecule has 1 N–H and O–H groups in total. The molecule has 1 saturated heterocycles. The first-order chi connectivity index (χ1) is 20.7. The first-order valence-electron chi connectivity index (χ1n) is 15.3. The molecule has 4 atom stereocenters. The number of ether oxygens (including phenoxy) is 2. The lowest BCUT2D eigenvalue weighted by atomic mass is 9.86. The molecule has 0 spiro atoms. The van der Waals surface area contributed by atoms with Crippen LogP contribution in [0.2, 0.25) is 5.02 Å². The van der Waals surface area contributed by atoms with Crippen LogP contribution in [-0.4, -0.2) is 49.1 Å². The van der Waals surface area contributed by atoms with Crippen LogP contribution in [0.4, 0.5) is 5.69 Å². The third-order valence-corrected chi connectivity index (χ3v) is 9.03. The Hall–Kier alpha value is -3.55. The zero-order valence-corrected chi connectivity index (χ0v) is 26.5. The summed E-state index contributed by atoms with van der Waals surface area (Å²) in [5.74, 6) is 1.34. The van der Waals surface area contributed by atoms with Gasteiger partial charge in [0.15, 0.2) is 11.5 Å². The second kappa shape index (κ2) is 13.4. The Morgan fingerprint density at radius 1 is 1.09 bits per heavy atom. The minimum absolute atomic E-state index is 0.00969. The number of methoxy groups -OCH3 is 1. The number of halogens is 1. The summed E-state index contributed by atoms with van der Waals surface area (Å²) < 4.78 is 11.9. The number of hydrogen-bond donors (Lipinski definition) is 1. The largest absolute Gasteiger partial charge is 0.493 e. The fourth-order valence-electron chi connectivity index (χ4n) is 6.37. The summed E-state index contributed by atoms with van der Waals surface area (Å²) in [5.41, 5.74) is 4.68. The van der Waals surface area contributed by atoms with E-state index in [-0.39, 0.29) is 42.5 Å². The van der Waals surface area contributed by atoms with E-state index in [0.717, 1.165) is 60.3 Å². The van der Waals surface area contributed by atoms with E-state index < -0.39 is 0 Å². The quantitative estimate of drug-likeness (QED) is 0.289. The highest BCUT2D eigenvalue weighted by Gasteiger charge is 2.36. The Bertz CT molecular complexity index is 1440. The molecule has 228 valence electrons. The molecule has 2 aliphatic rings. The zero-order chi connectivity index (χ0) is 30.7. The molecule has 1 fully saturated rings. The van der Waals surface area contributed by atoms with Gasteiger partial charge in [-0.05, 0) is 98.3 Å². The maximum absolute atomic E-state index is 13.9. The van der Waals surface area contributed by atoms with E-state index >= 15 is 0 Å². The Morgan fingerprint density at radius 2 is 1.81 bits per heavy atom. The molecule has 8 heteroatoms. The molecule has 0 aromatic heterocycles. The molecule has 0 radical (unpaired) electrons. The Balaban J connectivity index is 1.54. The van der Waals surface area contributed by atoms with E-state index in [1.54, 1.807) is 14.0 Å².